The second kappa shape index (κ2) is 7.31. The minimum Gasteiger partial charge on any atom is -0.478 e. The lowest BCUT2D eigenvalue weighted by Gasteiger charge is -2.31. The van der Waals surface area contributed by atoms with Crippen molar-refractivity contribution in [3.63, 3.8) is 0 Å². The van der Waals surface area contributed by atoms with Crippen LogP contribution >= 0.6 is 0 Å². The molecule has 1 aromatic heterocycles. The van der Waals surface area contributed by atoms with Gasteiger partial charge in [-0.05, 0) is 12.5 Å². The van der Waals surface area contributed by atoms with E-state index < -0.39 is 5.97 Å². The fourth-order valence-electron chi connectivity index (χ4n) is 3.81. The Balaban J connectivity index is 1.91. The van der Waals surface area contributed by atoms with Crippen LogP contribution in [0.15, 0.2) is 60.9 Å². The van der Waals surface area contributed by atoms with Crippen molar-refractivity contribution in [2.24, 2.45) is 0 Å². The Labute approximate surface area is 163 Å². The zero-order valence-corrected chi connectivity index (χ0v) is 15.6. The summed E-state index contributed by atoms with van der Waals surface area (Å²) in [5.74, 6) is -0.842. The molecule has 142 valence electrons. The third-order valence-corrected chi connectivity index (χ3v) is 5.25. The molecule has 0 aliphatic carbocycles. The molecular formula is C22H21N3O3. The van der Waals surface area contributed by atoms with Crippen LogP contribution in [0.25, 0.3) is 22.5 Å². The van der Waals surface area contributed by atoms with E-state index in [9.17, 15) is 14.7 Å². The lowest BCUT2D eigenvalue weighted by molar-refractivity contribution is -0.132. The zero-order valence-electron chi connectivity index (χ0n) is 15.6. The second-order valence-corrected chi connectivity index (χ2v) is 7.03. The van der Waals surface area contributed by atoms with Crippen molar-refractivity contribution >= 4 is 11.9 Å². The van der Waals surface area contributed by atoms with Gasteiger partial charge in [0.25, 0.3) is 0 Å². The van der Waals surface area contributed by atoms with Crippen LogP contribution in [0.5, 0.6) is 0 Å². The van der Waals surface area contributed by atoms with Gasteiger partial charge in [-0.2, -0.15) is 0 Å². The Hall–Kier alpha value is -3.41. The number of carboxylic acids is 1. The number of benzene rings is 2. The van der Waals surface area contributed by atoms with E-state index in [0.29, 0.717) is 24.9 Å². The highest BCUT2D eigenvalue weighted by molar-refractivity contribution is 5.97. The highest BCUT2D eigenvalue weighted by Crippen LogP contribution is 2.37. The number of hydrogen-bond acceptors (Lipinski definition) is 3. The predicted molar refractivity (Wildman–Crippen MR) is 106 cm³/mol. The predicted octanol–water partition coefficient (Wildman–Crippen LogP) is 3.71. The Morgan fingerprint density at radius 2 is 1.82 bits per heavy atom. The number of carboxylic acid groups (broad SMARTS) is 1. The molecule has 1 fully saturated rings. The van der Waals surface area contributed by atoms with Gasteiger partial charge in [-0.15, -0.1) is 0 Å². The van der Waals surface area contributed by atoms with Crippen LogP contribution in [0.3, 0.4) is 0 Å². The summed E-state index contributed by atoms with van der Waals surface area (Å²) in [4.78, 5) is 30.2. The van der Waals surface area contributed by atoms with E-state index in [1.165, 1.54) is 0 Å². The highest BCUT2D eigenvalue weighted by Gasteiger charge is 2.28. The monoisotopic (exact) mass is 375 g/mol. The number of carbonyl (C=O) groups is 2. The summed E-state index contributed by atoms with van der Waals surface area (Å²) in [6.07, 6.45) is 2.95. The van der Waals surface area contributed by atoms with Crippen molar-refractivity contribution in [3.8, 4) is 22.5 Å². The molecule has 1 amide bonds. The fourth-order valence-corrected chi connectivity index (χ4v) is 3.81. The van der Waals surface area contributed by atoms with E-state index in [2.05, 4.69) is 4.98 Å². The number of likely N-dealkylation sites (N-methyl/N-ethyl adjacent to an activating group) is 1. The van der Waals surface area contributed by atoms with Gasteiger partial charge in [-0.1, -0.05) is 48.5 Å². The van der Waals surface area contributed by atoms with Crippen molar-refractivity contribution < 1.29 is 14.7 Å². The first-order valence-electron chi connectivity index (χ1n) is 9.25. The van der Waals surface area contributed by atoms with Crippen molar-refractivity contribution in [2.75, 3.05) is 13.6 Å². The maximum atomic E-state index is 11.9. The molecule has 1 aliphatic rings. The molecule has 0 unspecified atom stereocenters. The molecule has 28 heavy (non-hydrogen) atoms. The number of rotatable bonds is 4. The van der Waals surface area contributed by atoms with Crippen molar-refractivity contribution in [2.45, 2.75) is 18.9 Å². The molecule has 3 aromatic rings. The number of hydrogen-bond donors (Lipinski definition) is 1. The molecule has 0 radical (unpaired) electrons. The molecule has 2 heterocycles. The maximum Gasteiger partial charge on any atom is 0.336 e. The third kappa shape index (κ3) is 3.17. The number of imidazole rings is 1. The van der Waals surface area contributed by atoms with E-state index in [1.807, 2.05) is 47.0 Å². The van der Waals surface area contributed by atoms with Gasteiger partial charge in [0.1, 0.15) is 0 Å². The Bertz CT molecular complexity index is 1030. The molecule has 6 heteroatoms. The first-order valence-corrected chi connectivity index (χ1v) is 9.25. The number of carbonyl (C=O) groups excluding carboxylic acids is 1. The molecule has 1 atom stereocenters. The number of nitrogens with zero attached hydrogens (tertiary/aromatic N) is 3. The topological polar surface area (TPSA) is 75.4 Å². The standard InChI is InChI=1S/C22H21N3O3/c1-24-13-16(11-12-19(24)26)25-14-23-20(15-7-3-2-4-8-15)21(25)17-9-5-6-10-18(17)22(27)28/h2-10,14,16H,11-13H2,1H3,(H,27,28)/t16-/m0/s1. The minimum absolute atomic E-state index is 0.0458. The molecule has 0 bridgehead atoms. The van der Waals surface area contributed by atoms with Gasteiger partial charge in [-0.3, -0.25) is 4.79 Å². The summed E-state index contributed by atoms with van der Waals surface area (Å²) in [5, 5.41) is 9.72. The smallest absolute Gasteiger partial charge is 0.336 e. The van der Waals surface area contributed by atoms with Gasteiger partial charge in [0, 0.05) is 31.1 Å². The Morgan fingerprint density at radius 3 is 2.54 bits per heavy atom. The van der Waals surface area contributed by atoms with Crippen LogP contribution in [-0.2, 0) is 4.79 Å². The van der Waals surface area contributed by atoms with E-state index >= 15 is 0 Å². The van der Waals surface area contributed by atoms with Crippen LogP contribution in [-0.4, -0.2) is 45.0 Å². The number of piperidine rings is 1. The summed E-state index contributed by atoms with van der Waals surface area (Å²) in [6.45, 7) is 0.575. The van der Waals surface area contributed by atoms with Crippen molar-refractivity contribution in [1.82, 2.24) is 14.5 Å². The number of amides is 1. The zero-order chi connectivity index (χ0) is 19.7. The normalized spacial score (nSPS) is 17.0. The quantitative estimate of drug-likeness (QED) is 0.754. The van der Waals surface area contributed by atoms with Gasteiger partial charge < -0.3 is 14.6 Å². The minimum atomic E-state index is -0.974. The van der Waals surface area contributed by atoms with E-state index in [0.717, 1.165) is 17.0 Å². The Kier molecular flexibility index (Phi) is 4.69. The number of aromatic nitrogens is 2. The average molecular weight is 375 g/mol. The van der Waals surface area contributed by atoms with Crippen LogP contribution in [0.4, 0.5) is 0 Å². The molecule has 2 aromatic carbocycles. The highest BCUT2D eigenvalue weighted by atomic mass is 16.4. The summed E-state index contributed by atoms with van der Waals surface area (Å²) in [5.41, 5.74) is 3.31. The fraction of sp³-hybridized carbons (Fsp3) is 0.227. The van der Waals surface area contributed by atoms with Crippen molar-refractivity contribution in [3.05, 3.63) is 66.5 Å². The van der Waals surface area contributed by atoms with Gasteiger partial charge in [0.05, 0.1) is 29.3 Å². The van der Waals surface area contributed by atoms with E-state index in [4.69, 9.17) is 0 Å². The first-order chi connectivity index (χ1) is 13.6. The van der Waals surface area contributed by atoms with Gasteiger partial charge in [-0.25, -0.2) is 9.78 Å². The SMILES string of the molecule is CN1C[C@@H](n2cnc(-c3ccccc3)c2-c2ccccc2C(=O)O)CCC1=O. The maximum absolute atomic E-state index is 11.9. The summed E-state index contributed by atoms with van der Waals surface area (Å²) in [6, 6.07) is 16.8. The molecule has 0 spiro atoms. The molecule has 1 N–H and O–H groups in total. The first kappa shape index (κ1) is 18.0. The summed E-state index contributed by atoms with van der Waals surface area (Å²) < 4.78 is 2.03. The molecule has 6 nitrogen and oxygen atoms in total. The van der Waals surface area contributed by atoms with Crippen LogP contribution in [0.1, 0.15) is 29.2 Å². The molecule has 1 aliphatic heterocycles. The van der Waals surface area contributed by atoms with Crippen LogP contribution in [0.2, 0.25) is 0 Å². The molecular weight excluding hydrogens is 354 g/mol. The molecule has 4 rings (SSSR count). The van der Waals surface area contributed by atoms with E-state index in [-0.39, 0.29) is 17.5 Å². The second-order valence-electron chi connectivity index (χ2n) is 7.03. The average Bonchev–Trinajstić information content (AvgIpc) is 3.15. The van der Waals surface area contributed by atoms with Gasteiger partial charge in [0.15, 0.2) is 0 Å². The largest absolute Gasteiger partial charge is 0.478 e. The lowest BCUT2D eigenvalue weighted by Crippen LogP contribution is -2.38. The summed E-state index contributed by atoms with van der Waals surface area (Å²) >= 11 is 0. The van der Waals surface area contributed by atoms with Crippen molar-refractivity contribution in [1.29, 1.82) is 0 Å². The molecule has 1 saturated heterocycles. The van der Waals surface area contributed by atoms with E-state index in [1.54, 1.807) is 30.4 Å². The van der Waals surface area contributed by atoms with Gasteiger partial charge in [0.2, 0.25) is 5.91 Å². The Morgan fingerprint density at radius 1 is 1.11 bits per heavy atom. The third-order valence-electron chi connectivity index (χ3n) is 5.25. The van der Waals surface area contributed by atoms with Crippen LogP contribution in [0, 0.1) is 0 Å². The van der Waals surface area contributed by atoms with Gasteiger partial charge >= 0.3 is 5.97 Å². The number of aromatic carboxylic acids is 1. The summed E-state index contributed by atoms with van der Waals surface area (Å²) in [7, 11) is 1.80. The lowest BCUT2D eigenvalue weighted by atomic mass is 9.98. The van der Waals surface area contributed by atoms with Crippen LogP contribution < -0.4 is 0 Å². The number of likely N-dealkylation sites (tertiary alicyclic amines) is 1. The molecule has 0 saturated carbocycles.